The van der Waals surface area contributed by atoms with Crippen molar-refractivity contribution in [2.24, 2.45) is 17.8 Å². The number of piperidine rings is 1. The van der Waals surface area contributed by atoms with Crippen LogP contribution in [0.15, 0.2) is 0 Å². The number of hydrogen-bond donors (Lipinski definition) is 2. The number of rotatable bonds is 4. The first-order valence-electron chi connectivity index (χ1n) is 9.31. The molecule has 0 amide bonds. The topological polar surface area (TPSA) is 89.8 Å². The van der Waals surface area contributed by atoms with Crippen molar-refractivity contribution in [3.63, 3.8) is 0 Å². The molecule has 1 aromatic rings. The molecule has 1 aromatic heterocycles. The smallest absolute Gasteiger partial charge is 0.433 e. The van der Waals surface area contributed by atoms with Gasteiger partial charge in [0.25, 0.3) is 0 Å². The zero-order valence-electron chi connectivity index (χ0n) is 15.9. The van der Waals surface area contributed by atoms with Crippen molar-refractivity contribution < 1.29 is 28.2 Å². The summed E-state index contributed by atoms with van der Waals surface area (Å²) in [5.41, 5.74) is -1.98. The monoisotopic (exact) mass is 400 g/mol. The van der Waals surface area contributed by atoms with Crippen molar-refractivity contribution in [3.8, 4) is 0 Å². The van der Waals surface area contributed by atoms with Crippen LogP contribution < -0.4 is 9.80 Å². The van der Waals surface area contributed by atoms with Gasteiger partial charge in [-0.1, -0.05) is 0 Å². The molecule has 4 rings (SSSR count). The van der Waals surface area contributed by atoms with E-state index in [0.29, 0.717) is 13.1 Å². The second-order valence-electron chi connectivity index (χ2n) is 8.47. The number of β-amino-alcohol motifs (C(OH)–C–C–N with tert-alkyl or cyclic N) is 1. The van der Waals surface area contributed by atoms with Gasteiger partial charge in [0.15, 0.2) is 5.69 Å². The number of aromatic nitrogens is 2. The fraction of sp³-hybridized carbons (Fsp3) is 0.722. The first-order valence-corrected chi connectivity index (χ1v) is 9.31. The van der Waals surface area contributed by atoms with Crippen molar-refractivity contribution in [2.45, 2.75) is 45.0 Å². The number of carboxylic acids is 1. The van der Waals surface area contributed by atoms with Crippen molar-refractivity contribution in [2.75, 3.05) is 29.4 Å². The van der Waals surface area contributed by atoms with Gasteiger partial charge in [-0.25, -0.2) is 4.98 Å². The minimum Gasteiger partial charge on any atom is -0.481 e. The average Bonchev–Trinajstić information content (AvgIpc) is 3.02. The molecule has 2 saturated heterocycles. The van der Waals surface area contributed by atoms with Crippen molar-refractivity contribution in [1.82, 2.24) is 9.97 Å². The van der Waals surface area contributed by atoms with E-state index >= 15 is 0 Å². The summed E-state index contributed by atoms with van der Waals surface area (Å²) in [6, 6.07) is -0.393. The molecule has 2 aliphatic heterocycles. The van der Waals surface area contributed by atoms with Gasteiger partial charge >= 0.3 is 12.1 Å². The van der Waals surface area contributed by atoms with Gasteiger partial charge in [-0.2, -0.15) is 18.2 Å². The summed E-state index contributed by atoms with van der Waals surface area (Å²) in [5, 5.41) is 19.1. The summed E-state index contributed by atoms with van der Waals surface area (Å²) < 4.78 is 40.7. The molecule has 1 unspecified atom stereocenters. The number of halogens is 3. The highest BCUT2D eigenvalue weighted by Crippen LogP contribution is 2.54. The lowest BCUT2D eigenvalue weighted by molar-refractivity contribution is -0.141. The van der Waals surface area contributed by atoms with Gasteiger partial charge in [-0.15, -0.1) is 0 Å². The van der Waals surface area contributed by atoms with Crippen molar-refractivity contribution in [1.29, 1.82) is 0 Å². The fourth-order valence-electron chi connectivity index (χ4n) is 4.61. The molecule has 3 heterocycles. The zero-order chi connectivity index (χ0) is 20.6. The molecule has 154 valence electrons. The summed E-state index contributed by atoms with van der Waals surface area (Å²) in [7, 11) is 0. The van der Waals surface area contributed by atoms with E-state index in [1.165, 1.54) is 6.92 Å². The molecule has 1 saturated carbocycles. The first-order chi connectivity index (χ1) is 12.9. The highest BCUT2D eigenvalue weighted by Gasteiger charge is 2.57. The first kappa shape index (κ1) is 19.2. The van der Waals surface area contributed by atoms with Gasteiger partial charge in [-0.05, 0) is 38.5 Å². The van der Waals surface area contributed by atoms with Crippen LogP contribution in [0.2, 0.25) is 0 Å². The predicted octanol–water partition coefficient (Wildman–Crippen LogP) is 1.92. The molecular formula is C18H23F3N4O3. The number of alkyl halides is 3. The lowest BCUT2D eigenvalue weighted by Gasteiger charge is -2.51. The standard InChI is InChI=1S/C18H23F3N4O3/c1-8-14(18(19,20)21)22-16(25-7-17(3,28)9(25)2)23-15(8)24-5-11-10(4-13(26)27)12(11)6-24/h9-12,28H,4-7H2,1-3H3,(H,26,27)/t9-,10?,11-,12+,17+/m0/s1. The van der Waals surface area contributed by atoms with E-state index in [9.17, 15) is 23.1 Å². The van der Waals surface area contributed by atoms with Crippen LogP contribution in [0.5, 0.6) is 0 Å². The van der Waals surface area contributed by atoms with Gasteiger partial charge in [0.1, 0.15) is 5.82 Å². The Bertz CT molecular complexity index is 817. The molecule has 0 radical (unpaired) electrons. The van der Waals surface area contributed by atoms with Crippen LogP contribution >= 0.6 is 0 Å². The van der Waals surface area contributed by atoms with E-state index in [1.807, 2.05) is 4.90 Å². The normalized spacial score (nSPS) is 34.2. The highest BCUT2D eigenvalue weighted by atomic mass is 19.4. The number of fused-ring (bicyclic) bond motifs is 1. The van der Waals surface area contributed by atoms with Gasteiger partial charge in [-0.3, -0.25) is 4.79 Å². The van der Waals surface area contributed by atoms with Crippen LogP contribution in [0.1, 0.15) is 31.5 Å². The molecule has 1 aliphatic carbocycles. The molecule has 0 aromatic carbocycles. The number of aliphatic hydroxyl groups is 1. The molecule has 5 atom stereocenters. The van der Waals surface area contributed by atoms with Crippen molar-refractivity contribution >= 4 is 17.7 Å². The number of carbonyl (C=O) groups is 1. The number of aliphatic carboxylic acids is 1. The minimum atomic E-state index is -4.61. The van der Waals surface area contributed by atoms with E-state index in [0.717, 1.165) is 0 Å². The highest BCUT2D eigenvalue weighted by molar-refractivity contribution is 5.68. The Morgan fingerprint density at radius 3 is 2.36 bits per heavy atom. The van der Waals surface area contributed by atoms with Crippen LogP contribution in [0, 0.1) is 24.7 Å². The Morgan fingerprint density at radius 1 is 1.29 bits per heavy atom. The molecule has 10 heteroatoms. The van der Waals surface area contributed by atoms with E-state index in [2.05, 4.69) is 9.97 Å². The van der Waals surface area contributed by atoms with E-state index in [4.69, 9.17) is 5.11 Å². The Kier molecular flexibility index (Phi) is 4.08. The molecule has 3 aliphatic rings. The third-order valence-electron chi connectivity index (χ3n) is 6.57. The van der Waals surface area contributed by atoms with Crippen LogP contribution in [0.25, 0.3) is 0 Å². The van der Waals surface area contributed by atoms with Gasteiger partial charge in [0.05, 0.1) is 18.2 Å². The molecular weight excluding hydrogens is 377 g/mol. The van der Waals surface area contributed by atoms with Crippen LogP contribution in [0.4, 0.5) is 24.9 Å². The summed E-state index contributed by atoms with van der Waals surface area (Å²) >= 11 is 0. The Balaban J connectivity index is 1.63. The third-order valence-corrected chi connectivity index (χ3v) is 6.57. The van der Waals surface area contributed by atoms with Gasteiger partial charge in [0.2, 0.25) is 5.95 Å². The van der Waals surface area contributed by atoms with E-state index in [1.54, 1.807) is 18.7 Å². The summed E-state index contributed by atoms with van der Waals surface area (Å²) in [6.45, 7) is 5.90. The fourth-order valence-corrected chi connectivity index (χ4v) is 4.61. The minimum absolute atomic E-state index is 0.0210. The molecule has 0 bridgehead atoms. The molecule has 3 fully saturated rings. The van der Waals surface area contributed by atoms with Crippen LogP contribution in [-0.2, 0) is 11.0 Å². The maximum Gasteiger partial charge on any atom is 0.433 e. The second kappa shape index (κ2) is 5.95. The maximum absolute atomic E-state index is 13.6. The molecule has 7 nitrogen and oxygen atoms in total. The Hall–Kier alpha value is -2.10. The lowest BCUT2D eigenvalue weighted by atomic mass is 9.87. The van der Waals surface area contributed by atoms with E-state index < -0.39 is 29.5 Å². The lowest BCUT2D eigenvalue weighted by Crippen LogP contribution is -2.67. The number of anilines is 2. The van der Waals surface area contributed by atoms with Crippen LogP contribution in [0.3, 0.4) is 0 Å². The van der Waals surface area contributed by atoms with Gasteiger partial charge < -0.3 is 20.0 Å². The quantitative estimate of drug-likeness (QED) is 0.798. The molecule has 2 N–H and O–H groups in total. The van der Waals surface area contributed by atoms with Crippen molar-refractivity contribution in [3.05, 3.63) is 11.3 Å². The van der Waals surface area contributed by atoms with E-state index in [-0.39, 0.29) is 48.0 Å². The predicted molar refractivity (Wildman–Crippen MR) is 94.1 cm³/mol. The average molecular weight is 400 g/mol. The third kappa shape index (κ3) is 2.98. The maximum atomic E-state index is 13.6. The zero-order valence-corrected chi connectivity index (χ0v) is 15.9. The SMILES string of the molecule is Cc1c(N2C[C@@H]3C(CC(=O)O)[C@@H]3C2)nc(N2C[C@@](C)(O)[C@@H]2C)nc1C(F)(F)F. The van der Waals surface area contributed by atoms with Gasteiger partial charge in [0, 0.05) is 25.1 Å². The number of nitrogens with zero attached hydrogens (tertiary/aromatic N) is 4. The summed E-state index contributed by atoms with van der Waals surface area (Å²) in [6.07, 6.45) is -4.51. The molecule has 28 heavy (non-hydrogen) atoms. The number of hydrogen-bond acceptors (Lipinski definition) is 6. The summed E-state index contributed by atoms with van der Waals surface area (Å²) in [4.78, 5) is 22.5. The largest absolute Gasteiger partial charge is 0.481 e. The Morgan fingerprint density at radius 2 is 1.89 bits per heavy atom. The summed E-state index contributed by atoms with van der Waals surface area (Å²) in [5.74, 6) is -0.154. The Labute approximate surface area is 160 Å². The second-order valence-corrected chi connectivity index (χ2v) is 8.47. The molecule has 0 spiro atoms. The van der Waals surface area contributed by atoms with Crippen LogP contribution in [-0.4, -0.2) is 57.4 Å². The number of carboxylic acid groups (broad SMARTS) is 1.